The third-order valence-corrected chi connectivity index (χ3v) is 3.23. The average Bonchev–Trinajstić information content (AvgIpc) is 2.39. The number of hydrogen-bond acceptors (Lipinski definition) is 3. The van der Waals surface area contributed by atoms with Crippen LogP contribution in [0.1, 0.15) is 19.0 Å². The first kappa shape index (κ1) is 14.1. The molecule has 3 nitrogen and oxygen atoms in total. The van der Waals surface area contributed by atoms with Crippen LogP contribution < -0.4 is 5.32 Å². The number of halogens is 2. The van der Waals surface area contributed by atoms with Gasteiger partial charge in [0.05, 0.1) is 15.7 Å². The molecule has 0 saturated heterocycles. The maximum Gasteiger partial charge on any atom is 0.145 e. The quantitative estimate of drug-likeness (QED) is 0.897. The molecular formula is C14H15Cl2N3. The van der Waals surface area contributed by atoms with Crippen molar-refractivity contribution in [1.29, 1.82) is 0 Å². The Bertz CT molecular complexity index is 568. The molecule has 0 aliphatic heterocycles. The number of aryl methyl sites for hydroxylation is 1. The van der Waals surface area contributed by atoms with Crippen LogP contribution in [0.4, 0.5) is 5.82 Å². The molecule has 0 aliphatic rings. The number of nitrogens with zero attached hydrogens (tertiary/aromatic N) is 2. The van der Waals surface area contributed by atoms with E-state index in [1.807, 2.05) is 19.1 Å². The number of pyridine rings is 2. The van der Waals surface area contributed by atoms with E-state index in [0.717, 1.165) is 24.2 Å². The van der Waals surface area contributed by atoms with Gasteiger partial charge in [-0.15, -0.1) is 0 Å². The van der Waals surface area contributed by atoms with Crippen molar-refractivity contribution >= 4 is 29.0 Å². The van der Waals surface area contributed by atoms with Gasteiger partial charge in [0, 0.05) is 24.0 Å². The second-order valence-corrected chi connectivity index (χ2v) is 5.08. The Kier molecular flexibility index (Phi) is 4.61. The van der Waals surface area contributed by atoms with Crippen molar-refractivity contribution in [3.05, 3.63) is 40.1 Å². The molecule has 0 atom stereocenters. The van der Waals surface area contributed by atoms with E-state index in [1.54, 1.807) is 12.3 Å². The van der Waals surface area contributed by atoms with Crippen LogP contribution in [0, 0.1) is 6.92 Å². The summed E-state index contributed by atoms with van der Waals surface area (Å²) >= 11 is 12.3. The molecule has 2 rings (SSSR count). The lowest BCUT2D eigenvalue weighted by Crippen LogP contribution is -2.03. The smallest absolute Gasteiger partial charge is 0.145 e. The summed E-state index contributed by atoms with van der Waals surface area (Å²) in [5.74, 6) is 0.656. The third kappa shape index (κ3) is 3.37. The topological polar surface area (TPSA) is 37.8 Å². The van der Waals surface area contributed by atoms with E-state index in [1.165, 1.54) is 0 Å². The molecule has 2 heterocycles. The molecule has 0 unspecified atom stereocenters. The van der Waals surface area contributed by atoms with Crippen LogP contribution in [0.5, 0.6) is 0 Å². The molecule has 0 spiro atoms. The Morgan fingerprint density at radius 3 is 2.63 bits per heavy atom. The lowest BCUT2D eigenvalue weighted by Gasteiger charge is -2.10. The lowest BCUT2D eigenvalue weighted by atomic mass is 10.2. The van der Waals surface area contributed by atoms with Crippen molar-refractivity contribution < 1.29 is 0 Å². The zero-order valence-corrected chi connectivity index (χ0v) is 12.4. The van der Waals surface area contributed by atoms with Crippen molar-refractivity contribution in [3.8, 4) is 11.3 Å². The van der Waals surface area contributed by atoms with Gasteiger partial charge in [-0.05, 0) is 31.5 Å². The summed E-state index contributed by atoms with van der Waals surface area (Å²) in [6, 6.07) is 5.60. The van der Waals surface area contributed by atoms with E-state index >= 15 is 0 Å². The number of anilines is 1. The summed E-state index contributed by atoms with van der Waals surface area (Å²) in [6.07, 6.45) is 2.77. The van der Waals surface area contributed by atoms with Crippen LogP contribution in [-0.4, -0.2) is 16.5 Å². The van der Waals surface area contributed by atoms with Gasteiger partial charge in [0.1, 0.15) is 5.82 Å². The maximum absolute atomic E-state index is 6.21. The first-order chi connectivity index (χ1) is 9.11. The number of rotatable bonds is 4. The van der Waals surface area contributed by atoms with Crippen molar-refractivity contribution in [2.24, 2.45) is 0 Å². The zero-order chi connectivity index (χ0) is 13.8. The number of hydrogen-bond donors (Lipinski definition) is 1. The van der Waals surface area contributed by atoms with Gasteiger partial charge < -0.3 is 5.32 Å². The van der Waals surface area contributed by atoms with Crippen molar-refractivity contribution in [2.75, 3.05) is 11.9 Å². The van der Waals surface area contributed by atoms with Gasteiger partial charge in [-0.2, -0.15) is 0 Å². The molecule has 100 valence electrons. The minimum Gasteiger partial charge on any atom is -0.369 e. The highest BCUT2D eigenvalue weighted by Crippen LogP contribution is 2.32. The standard InChI is InChI=1S/C14H15Cl2N3/c1-3-6-17-14-12(16)7-11(15)13(19-14)10-5-4-9(2)18-8-10/h4-5,7-8H,3,6H2,1-2H3,(H,17,19). The minimum absolute atomic E-state index is 0.526. The maximum atomic E-state index is 6.21. The zero-order valence-electron chi connectivity index (χ0n) is 10.9. The molecule has 1 N–H and O–H groups in total. The summed E-state index contributed by atoms with van der Waals surface area (Å²) in [6.45, 7) is 4.84. The van der Waals surface area contributed by atoms with Crippen LogP contribution in [0.15, 0.2) is 24.4 Å². The van der Waals surface area contributed by atoms with E-state index in [2.05, 4.69) is 22.2 Å². The molecule has 0 saturated carbocycles. The van der Waals surface area contributed by atoms with Gasteiger partial charge in [0.15, 0.2) is 0 Å². The Balaban J connectivity index is 2.41. The molecule has 0 aromatic carbocycles. The highest BCUT2D eigenvalue weighted by atomic mass is 35.5. The fourth-order valence-corrected chi connectivity index (χ4v) is 2.18. The molecular weight excluding hydrogens is 281 g/mol. The third-order valence-electron chi connectivity index (χ3n) is 2.66. The van der Waals surface area contributed by atoms with Gasteiger partial charge in [-0.25, -0.2) is 4.98 Å². The molecule has 5 heteroatoms. The van der Waals surface area contributed by atoms with E-state index in [0.29, 0.717) is 21.6 Å². The summed E-state index contributed by atoms with van der Waals surface area (Å²) in [7, 11) is 0. The van der Waals surface area contributed by atoms with Crippen LogP contribution in [0.3, 0.4) is 0 Å². The van der Waals surface area contributed by atoms with E-state index in [4.69, 9.17) is 23.2 Å². The average molecular weight is 296 g/mol. The molecule has 0 amide bonds. The summed E-state index contributed by atoms with van der Waals surface area (Å²) in [4.78, 5) is 8.75. The fourth-order valence-electron chi connectivity index (χ4n) is 1.64. The van der Waals surface area contributed by atoms with E-state index in [9.17, 15) is 0 Å². The Hall–Kier alpha value is -1.32. The molecule has 0 bridgehead atoms. The van der Waals surface area contributed by atoms with Gasteiger partial charge in [0.2, 0.25) is 0 Å². The van der Waals surface area contributed by atoms with Gasteiger partial charge in [-0.3, -0.25) is 4.98 Å². The molecule has 2 aromatic heterocycles. The molecule has 19 heavy (non-hydrogen) atoms. The first-order valence-electron chi connectivity index (χ1n) is 6.14. The van der Waals surface area contributed by atoms with E-state index in [-0.39, 0.29) is 0 Å². The summed E-state index contributed by atoms with van der Waals surface area (Å²) in [5.41, 5.74) is 2.53. The fraction of sp³-hybridized carbons (Fsp3) is 0.286. The minimum atomic E-state index is 0.526. The molecule has 0 aliphatic carbocycles. The van der Waals surface area contributed by atoms with Gasteiger partial charge >= 0.3 is 0 Å². The largest absolute Gasteiger partial charge is 0.369 e. The Labute approximate surface area is 123 Å². The number of nitrogens with one attached hydrogen (secondary N) is 1. The molecule has 0 radical (unpaired) electrons. The normalized spacial score (nSPS) is 10.5. The van der Waals surface area contributed by atoms with Crippen LogP contribution in [0.2, 0.25) is 10.0 Å². The van der Waals surface area contributed by atoms with Gasteiger partial charge in [0.25, 0.3) is 0 Å². The van der Waals surface area contributed by atoms with Crippen molar-refractivity contribution in [2.45, 2.75) is 20.3 Å². The highest BCUT2D eigenvalue weighted by molar-refractivity contribution is 6.37. The second-order valence-electron chi connectivity index (χ2n) is 4.26. The SMILES string of the molecule is CCCNc1nc(-c2ccc(C)nc2)c(Cl)cc1Cl. The predicted molar refractivity (Wildman–Crippen MR) is 81.0 cm³/mol. The van der Waals surface area contributed by atoms with Crippen LogP contribution in [-0.2, 0) is 0 Å². The van der Waals surface area contributed by atoms with Crippen molar-refractivity contribution in [3.63, 3.8) is 0 Å². The highest BCUT2D eigenvalue weighted by Gasteiger charge is 2.11. The second kappa shape index (κ2) is 6.22. The first-order valence-corrected chi connectivity index (χ1v) is 6.90. The van der Waals surface area contributed by atoms with Crippen LogP contribution in [0.25, 0.3) is 11.3 Å². The Morgan fingerprint density at radius 2 is 2.00 bits per heavy atom. The molecule has 0 fully saturated rings. The van der Waals surface area contributed by atoms with Crippen molar-refractivity contribution in [1.82, 2.24) is 9.97 Å². The van der Waals surface area contributed by atoms with E-state index < -0.39 is 0 Å². The molecule has 2 aromatic rings. The summed E-state index contributed by atoms with van der Waals surface area (Å²) < 4.78 is 0. The number of aromatic nitrogens is 2. The Morgan fingerprint density at radius 1 is 1.21 bits per heavy atom. The van der Waals surface area contributed by atoms with Gasteiger partial charge in [-0.1, -0.05) is 30.1 Å². The predicted octanol–water partition coefficient (Wildman–Crippen LogP) is 4.58. The summed E-state index contributed by atoms with van der Waals surface area (Å²) in [5, 5.41) is 4.24. The van der Waals surface area contributed by atoms with Crippen LogP contribution >= 0.6 is 23.2 Å². The monoisotopic (exact) mass is 295 g/mol. The lowest BCUT2D eigenvalue weighted by molar-refractivity contribution is 0.970.